The van der Waals surface area contributed by atoms with E-state index in [9.17, 15) is 17.6 Å². The zero-order chi connectivity index (χ0) is 20.2. The third-order valence-corrected chi connectivity index (χ3v) is 6.65. The molecule has 2 aromatic carbocycles. The van der Waals surface area contributed by atoms with Crippen molar-refractivity contribution in [1.82, 2.24) is 5.32 Å². The molecule has 1 aliphatic heterocycles. The molecule has 1 aliphatic carbocycles. The minimum absolute atomic E-state index is 0.148. The van der Waals surface area contributed by atoms with Crippen LogP contribution in [-0.2, 0) is 23.9 Å². The summed E-state index contributed by atoms with van der Waals surface area (Å²) < 4.78 is 54.1. The fourth-order valence-electron chi connectivity index (χ4n) is 5.07. The van der Waals surface area contributed by atoms with Gasteiger partial charge in [0, 0.05) is 11.5 Å². The van der Waals surface area contributed by atoms with Crippen molar-refractivity contribution in [2.45, 2.75) is 62.8 Å². The van der Waals surface area contributed by atoms with E-state index in [1.165, 1.54) is 23.3 Å². The Morgan fingerprint density at radius 2 is 1.89 bits per heavy atom. The second kappa shape index (κ2) is 6.58. The summed E-state index contributed by atoms with van der Waals surface area (Å²) in [5.74, 6) is 0. The number of nitrogens with one attached hydrogen (secondary N) is 1. The average molecular weight is 391 g/mol. The molecule has 0 saturated carbocycles. The summed E-state index contributed by atoms with van der Waals surface area (Å²) in [5, 5.41) is 3.59. The highest BCUT2D eigenvalue weighted by Crippen LogP contribution is 2.48. The van der Waals surface area contributed by atoms with Gasteiger partial charge in [-0.2, -0.15) is 13.2 Å². The van der Waals surface area contributed by atoms with Crippen molar-refractivity contribution >= 4 is 0 Å². The van der Waals surface area contributed by atoms with Crippen LogP contribution in [0.15, 0.2) is 42.5 Å². The molecule has 4 rings (SSSR count). The minimum Gasteiger partial charge on any atom is -0.313 e. The van der Waals surface area contributed by atoms with Gasteiger partial charge in [-0.05, 0) is 68.3 Å². The molecule has 0 amide bonds. The standard InChI is InChI=1S/C23H25F4N/c1-15-4-3-5-16(12-15)14-22-10-11-28-20(22)9-6-17-13-18(7-8-19(17)22)21(2,24)23(25,26)27/h3-5,7-8,12-13,20,28H,6,9-11,14H2,1-2H3. The average Bonchev–Trinajstić information content (AvgIpc) is 3.04. The number of hydrogen-bond donors (Lipinski definition) is 1. The Labute approximate surface area is 163 Å². The van der Waals surface area contributed by atoms with E-state index in [2.05, 4.69) is 30.4 Å². The highest BCUT2D eigenvalue weighted by atomic mass is 19.4. The number of alkyl halides is 4. The van der Waals surface area contributed by atoms with Crippen LogP contribution in [-0.4, -0.2) is 18.8 Å². The van der Waals surface area contributed by atoms with E-state index >= 15 is 0 Å². The molecule has 28 heavy (non-hydrogen) atoms. The van der Waals surface area contributed by atoms with Crippen molar-refractivity contribution in [2.24, 2.45) is 0 Å². The number of benzene rings is 2. The molecule has 3 unspecified atom stereocenters. The van der Waals surface area contributed by atoms with E-state index in [-0.39, 0.29) is 11.0 Å². The van der Waals surface area contributed by atoms with Crippen LogP contribution in [0.2, 0.25) is 0 Å². The molecule has 0 aromatic heterocycles. The third-order valence-electron chi connectivity index (χ3n) is 6.65. The van der Waals surface area contributed by atoms with E-state index in [1.54, 1.807) is 6.07 Å². The third kappa shape index (κ3) is 3.04. The lowest BCUT2D eigenvalue weighted by Gasteiger charge is -2.42. The van der Waals surface area contributed by atoms with Crippen LogP contribution in [0.1, 0.15) is 47.6 Å². The Morgan fingerprint density at radius 3 is 2.61 bits per heavy atom. The van der Waals surface area contributed by atoms with Crippen molar-refractivity contribution in [3.63, 3.8) is 0 Å². The van der Waals surface area contributed by atoms with Gasteiger partial charge in [-0.3, -0.25) is 0 Å². The Bertz CT molecular complexity index is 886. The van der Waals surface area contributed by atoms with Gasteiger partial charge in [-0.15, -0.1) is 0 Å². The van der Waals surface area contributed by atoms with Crippen molar-refractivity contribution in [2.75, 3.05) is 6.54 Å². The van der Waals surface area contributed by atoms with Crippen LogP contribution in [0.5, 0.6) is 0 Å². The second-order valence-electron chi connectivity index (χ2n) is 8.49. The first kappa shape index (κ1) is 19.4. The van der Waals surface area contributed by atoms with Gasteiger partial charge < -0.3 is 5.32 Å². The van der Waals surface area contributed by atoms with Crippen LogP contribution in [0, 0.1) is 6.92 Å². The summed E-state index contributed by atoms with van der Waals surface area (Å²) in [6, 6.07) is 13.2. The first-order valence-electron chi connectivity index (χ1n) is 9.82. The SMILES string of the molecule is Cc1cccc(CC23CCNC2CCc2cc(C(C)(F)C(F)(F)F)ccc23)c1. The van der Waals surface area contributed by atoms with Gasteiger partial charge in [0.15, 0.2) is 0 Å². The van der Waals surface area contributed by atoms with Crippen LogP contribution in [0.4, 0.5) is 17.6 Å². The molecule has 1 nitrogen and oxygen atoms in total. The van der Waals surface area contributed by atoms with Crippen molar-refractivity contribution in [1.29, 1.82) is 0 Å². The van der Waals surface area contributed by atoms with E-state index in [1.807, 2.05) is 6.07 Å². The monoisotopic (exact) mass is 391 g/mol. The Morgan fingerprint density at radius 1 is 1.11 bits per heavy atom. The van der Waals surface area contributed by atoms with Crippen LogP contribution in [0.25, 0.3) is 0 Å². The van der Waals surface area contributed by atoms with Gasteiger partial charge >= 0.3 is 6.18 Å². The van der Waals surface area contributed by atoms with E-state index < -0.39 is 11.8 Å². The molecule has 5 heteroatoms. The first-order valence-corrected chi connectivity index (χ1v) is 9.82. The number of fused-ring (bicyclic) bond motifs is 3. The number of halogens is 4. The smallest absolute Gasteiger partial charge is 0.313 e. The summed E-state index contributed by atoms with van der Waals surface area (Å²) in [4.78, 5) is 0. The maximum Gasteiger partial charge on any atom is 0.426 e. The van der Waals surface area contributed by atoms with Crippen molar-refractivity contribution < 1.29 is 17.6 Å². The molecule has 0 spiro atoms. The first-order chi connectivity index (χ1) is 13.1. The number of hydrogen-bond acceptors (Lipinski definition) is 1. The summed E-state index contributed by atoms with van der Waals surface area (Å²) in [7, 11) is 0. The molecule has 1 N–H and O–H groups in total. The summed E-state index contributed by atoms with van der Waals surface area (Å²) in [6.45, 7) is 3.56. The van der Waals surface area contributed by atoms with Crippen LogP contribution in [0.3, 0.4) is 0 Å². The van der Waals surface area contributed by atoms with E-state index in [0.717, 1.165) is 36.9 Å². The summed E-state index contributed by atoms with van der Waals surface area (Å²) >= 11 is 0. The zero-order valence-electron chi connectivity index (χ0n) is 16.2. The van der Waals surface area contributed by atoms with Gasteiger partial charge in [0.1, 0.15) is 0 Å². The Kier molecular flexibility index (Phi) is 4.57. The molecule has 0 bridgehead atoms. The van der Waals surface area contributed by atoms with Gasteiger partial charge in [0.05, 0.1) is 0 Å². The largest absolute Gasteiger partial charge is 0.426 e. The van der Waals surface area contributed by atoms with Crippen molar-refractivity contribution in [3.05, 3.63) is 70.3 Å². The number of aryl methyl sites for hydroxylation is 2. The molecule has 2 aliphatic rings. The maximum absolute atomic E-state index is 14.5. The molecule has 1 heterocycles. The summed E-state index contributed by atoms with van der Waals surface area (Å²) in [5.41, 5.74) is 0.586. The van der Waals surface area contributed by atoms with Crippen molar-refractivity contribution in [3.8, 4) is 0 Å². The molecular weight excluding hydrogens is 366 g/mol. The van der Waals surface area contributed by atoms with Crippen LogP contribution >= 0.6 is 0 Å². The molecule has 150 valence electrons. The maximum atomic E-state index is 14.5. The van der Waals surface area contributed by atoms with Gasteiger partial charge in [-0.25, -0.2) is 4.39 Å². The van der Waals surface area contributed by atoms with E-state index in [4.69, 9.17) is 0 Å². The summed E-state index contributed by atoms with van der Waals surface area (Å²) in [6.07, 6.45) is -1.62. The van der Waals surface area contributed by atoms with Crippen LogP contribution < -0.4 is 5.32 Å². The molecule has 1 saturated heterocycles. The Hall–Kier alpha value is -1.88. The molecular formula is C23H25F4N. The predicted molar refractivity (Wildman–Crippen MR) is 102 cm³/mol. The fraction of sp³-hybridized carbons (Fsp3) is 0.478. The second-order valence-corrected chi connectivity index (χ2v) is 8.49. The lowest BCUT2D eigenvalue weighted by molar-refractivity contribution is -0.228. The topological polar surface area (TPSA) is 12.0 Å². The van der Waals surface area contributed by atoms with Gasteiger partial charge in [0.25, 0.3) is 0 Å². The lowest BCUT2D eigenvalue weighted by Crippen LogP contribution is -2.46. The number of rotatable bonds is 3. The molecule has 0 radical (unpaired) electrons. The molecule has 2 aromatic rings. The predicted octanol–water partition coefficient (Wildman–Crippen LogP) is 5.53. The molecule has 3 atom stereocenters. The normalized spacial score (nSPS) is 26.4. The minimum atomic E-state index is -4.92. The molecule has 1 fully saturated rings. The quantitative estimate of drug-likeness (QED) is 0.679. The van der Waals surface area contributed by atoms with E-state index in [0.29, 0.717) is 19.4 Å². The highest BCUT2D eigenvalue weighted by Gasteiger charge is 2.54. The van der Waals surface area contributed by atoms with Gasteiger partial charge in [0.2, 0.25) is 5.67 Å². The lowest BCUT2D eigenvalue weighted by atomic mass is 9.63. The Balaban J connectivity index is 1.77. The fourth-order valence-corrected chi connectivity index (χ4v) is 5.07. The highest BCUT2D eigenvalue weighted by molar-refractivity contribution is 5.46. The zero-order valence-corrected chi connectivity index (χ0v) is 16.2. The van der Waals surface area contributed by atoms with Gasteiger partial charge in [-0.1, -0.05) is 48.0 Å².